The lowest BCUT2D eigenvalue weighted by molar-refractivity contribution is 0.0523. The van der Waals surface area contributed by atoms with Gasteiger partial charge in [0.2, 0.25) is 0 Å². The second kappa shape index (κ2) is 7.40. The third-order valence-corrected chi connectivity index (χ3v) is 3.21. The van der Waals surface area contributed by atoms with Gasteiger partial charge in [0.25, 0.3) is 0 Å². The Bertz CT molecular complexity index is 727. The lowest BCUT2D eigenvalue weighted by Crippen LogP contribution is -2.09. The van der Waals surface area contributed by atoms with Crippen molar-refractivity contribution in [2.45, 2.75) is 6.92 Å². The molecule has 0 saturated heterocycles. The van der Waals surface area contributed by atoms with E-state index >= 15 is 0 Å². The van der Waals surface area contributed by atoms with Crippen LogP contribution in [-0.4, -0.2) is 38.1 Å². The summed E-state index contributed by atoms with van der Waals surface area (Å²) in [5.74, 6) is 0.634. The van der Waals surface area contributed by atoms with Crippen LogP contribution < -0.4 is 9.47 Å². The first-order valence-electron chi connectivity index (χ1n) is 7.00. The Morgan fingerprint density at radius 3 is 2.57 bits per heavy atom. The Morgan fingerprint density at radius 2 is 1.96 bits per heavy atom. The predicted molar refractivity (Wildman–Crippen MR) is 84.1 cm³/mol. The molecule has 120 valence electrons. The van der Waals surface area contributed by atoms with Gasteiger partial charge in [-0.15, -0.1) is 0 Å². The van der Waals surface area contributed by atoms with Crippen LogP contribution in [0.5, 0.6) is 11.5 Å². The van der Waals surface area contributed by atoms with E-state index in [4.69, 9.17) is 14.2 Å². The van der Waals surface area contributed by atoms with Crippen LogP contribution in [0.4, 0.5) is 0 Å². The highest BCUT2D eigenvalue weighted by atomic mass is 16.5. The largest absolute Gasteiger partial charge is 0.497 e. The first-order valence-corrected chi connectivity index (χ1v) is 7.00. The number of rotatable bonds is 6. The van der Waals surface area contributed by atoms with Crippen LogP contribution in [-0.2, 0) is 4.74 Å². The van der Waals surface area contributed by atoms with Gasteiger partial charge in [0.1, 0.15) is 17.2 Å². The normalized spacial score (nSPS) is 10.0. The maximum absolute atomic E-state index is 11.8. The zero-order valence-electron chi connectivity index (χ0n) is 13.2. The number of hydrogen-bond acceptors (Lipinski definition) is 6. The summed E-state index contributed by atoms with van der Waals surface area (Å²) in [7, 11) is 3.10. The molecule has 0 fully saturated rings. The van der Waals surface area contributed by atoms with Crippen LogP contribution in [0.2, 0.25) is 0 Å². The van der Waals surface area contributed by atoms with E-state index in [1.807, 2.05) is 0 Å². The van der Waals surface area contributed by atoms with Crippen molar-refractivity contribution in [3.8, 4) is 22.8 Å². The van der Waals surface area contributed by atoms with E-state index in [0.717, 1.165) is 0 Å². The molecular weight excluding hydrogens is 298 g/mol. The fraction of sp³-hybridized carbons (Fsp3) is 0.235. The van der Waals surface area contributed by atoms with Crippen molar-refractivity contribution in [2.75, 3.05) is 20.8 Å². The predicted octanol–water partition coefficient (Wildman–Crippen LogP) is 2.76. The fourth-order valence-electron chi connectivity index (χ4n) is 2.11. The van der Waals surface area contributed by atoms with Crippen LogP contribution in [0.1, 0.15) is 27.8 Å². The number of hydrogen-bond donors (Lipinski definition) is 0. The van der Waals surface area contributed by atoms with Gasteiger partial charge in [0.15, 0.2) is 6.29 Å². The number of aldehydes is 1. The Balaban J connectivity index is 2.53. The van der Waals surface area contributed by atoms with Crippen molar-refractivity contribution in [2.24, 2.45) is 0 Å². The molecule has 6 nitrogen and oxygen atoms in total. The van der Waals surface area contributed by atoms with E-state index in [-0.39, 0.29) is 17.9 Å². The van der Waals surface area contributed by atoms with Gasteiger partial charge in [-0.25, -0.2) is 9.78 Å². The van der Waals surface area contributed by atoms with Gasteiger partial charge >= 0.3 is 5.97 Å². The second-order valence-electron chi connectivity index (χ2n) is 4.53. The Kier molecular flexibility index (Phi) is 5.30. The number of carbonyl (C=O) groups is 2. The molecule has 6 heteroatoms. The molecule has 0 radical (unpaired) electrons. The molecule has 0 saturated carbocycles. The molecule has 1 aromatic carbocycles. The summed E-state index contributed by atoms with van der Waals surface area (Å²) >= 11 is 0. The summed E-state index contributed by atoms with van der Waals surface area (Å²) in [4.78, 5) is 27.3. The number of ether oxygens (including phenoxy) is 3. The highest BCUT2D eigenvalue weighted by molar-refractivity contribution is 5.97. The molecule has 0 aliphatic heterocycles. The topological polar surface area (TPSA) is 74.7 Å². The molecule has 0 bridgehead atoms. The number of benzene rings is 1. The van der Waals surface area contributed by atoms with Crippen LogP contribution >= 0.6 is 0 Å². The van der Waals surface area contributed by atoms with Crippen molar-refractivity contribution in [3.05, 3.63) is 41.6 Å². The number of carbonyl (C=O) groups excluding carboxylic acids is 2. The maximum atomic E-state index is 11.8. The monoisotopic (exact) mass is 315 g/mol. The van der Waals surface area contributed by atoms with Crippen molar-refractivity contribution < 1.29 is 23.8 Å². The van der Waals surface area contributed by atoms with E-state index in [0.29, 0.717) is 29.0 Å². The maximum Gasteiger partial charge on any atom is 0.340 e. The molecule has 1 heterocycles. The number of aromatic nitrogens is 1. The lowest BCUT2D eigenvalue weighted by Gasteiger charge is -2.11. The first-order chi connectivity index (χ1) is 11.1. The minimum absolute atomic E-state index is 0.0193. The van der Waals surface area contributed by atoms with Gasteiger partial charge in [0.05, 0.1) is 32.1 Å². The molecule has 0 N–H and O–H groups in total. The molecule has 0 amide bonds. The smallest absolute Gasteiger partial charge is 0.340 e. The van der Waals surface area contributed by atoms with Gasteiger partial charge in [0, 0.05) is 5.56 Å². The first kappa shape index (κ1) is 16.5. The lowest BCUT2D eigenvalue weighted by atomic mass is 10.1. The average Bonchev–Trinajstić information content (AvgIpc) is 2.60. The average molecular weight is 315 g/mol. The Morgan fingerprint density at radius 1 is 1.17 bits per heavy atom. The van der Waals surface area contributed by atoms with Gasteiger partial charge in [-0.3, -0.25) is 4.79 Å². The summed E-state index contributed by atoms with van der Waals surface area (Å²) in [6.45, 7) is 1.92. The van der Waals surface area contributed by atoms with Crippen LogP contribution in [0.25, 0.3) is 11.3 Å². The van der Waals surface area contributed by atoms with Crippen molar-refractivity contribution in [3.63, 3.8) is 0 Å². The van der Waals surface area contributed by atoms with E-state index < -0.39 is 5.97 Å². The number of nitrogens with zero attached hydrogens (tertiary/aromatic N) is 1. The van der Waals surface area contributed by atoms with Gasteiger partial charge in [-0.05, 0) is 37.3 Å². The minimum Gasteiger partial charge on any atom is -0.497 e. The molecule has 0 spiro atoms. The van der Waals surface area contributed by atoms with Gasteiger partial charge in [-0.2, -0.15) is 0 Å². The molecule has 0 aliphatic carbocycles. The summed E-state index contributed by atoms with van der Waals surface area (Å²) in [6.07, 6.45) is 0.530. The third kappa shape index (κ3) is 3.48. The van der Waals surface area contributed by atoms with Crippen molar-refractivity contribution in [1.29, 1.82) is 0 Å². The summed E-state index contributed by atoms with van der Waals surface area (Å²) in [5.41, 5.74) is 1.31. The minimum atomic E-state index is -0.578. The molecule has 2 rings (SSSR count). The van der Waals surface area contributed by atoms with Gasteiger partial charge < -0.3 is 14.2 Å². The third-order valence-electron chi connectivity index (χ3n) is 3.21. The SMILES string of the molecule is CCOC(=O)c1ccc(-c2cc(OC)ccc2OC)nc1C=O. The fourth-order valence-corrected chi connectivity index (χ4v) is 2.11. The van der Waals surface area contributed by atoms with E-state index in [2.05, 4.69) is 4.98 Å². The standard InChI is InChI=1S/C17H17NO5/c1-4-23-17(20)12-6-7-14(18-15(12)10-19)13-9-11(21-2)5-8-16(13)22-3/h5-10H,4H2,1-3H3. The molecule has 0 atom stereocenters. The van der Waals surface area contributed by atoms with Gasteiger partial charge in [-0.1, -0.05) is 0 Å². The molecule has 2 aromatic rings. The molecule has 0 aliphatic rings. The van der Waals surface area contributed by atoms with Crippen LogP contribution in [0.3, 0.4) is 0 Å². The van der Waals surface area contributed by atoms with E-state index in [1.54, 1.807) is 45.4 Å². The summed E-state index contributed by atoms with van der Waals surface area (Å²) < 4.78 is 15.4. The number of esters is 1. The second-order valence-corrected chi connectivity index (χ2v) is 4.53. The quantitative estimate of drug-likeness (QED) is 0.603. The van der Waals surface area contributed by atoms with Crippen LogP contribution in [0.15, 0.2) is 30.3 Å². The highest BCUT2D eigenvalue weighted by Crippen LogP contribution is 2.32. The molecular formula is C17H17NO5. The zero-order valence-corrected chi connectivity index (χ0v) is 13.2. The molecule has 23 heavy (non-hydrogen) atoms. The molecule has 1 aromatic heterocycles. The summed E-state index contributed by atoms with van der Waals surface area (Å²) in [5, 5.41) is 0. The number of pyridine rings is 1. The van der Waals surface area contributed by atoms with Crippen molar-refractivity contribution >= 4 is 12.3 Å². The van der Waals surface area contributed by atoms with E-state index in [1.165, 1.54) is 6.07 Å². The number of methoxy groups -OCH3 is 2. The Labute approximate surface area is 134 Å². The highest BCUT2D eigenvalue weighted by Gasteiger charge is 2.16. The zero-order chi connectivity index (χ0) is 16.8. The van der Waals surface area contributed by atoms with Crippen molar-refractivity contribution in [1.82, 2.24) is 4.98 Å². The van der Waals surface area contributed by atoms with E-state index in [9.17, 15) is 9.59 Å². The van der Waals surface area contributed by atoms with Crippen LogP contribution in [0, 0.1) is 0 Å². The summed E-state index contributed by atoms with van der Waals surface area (Å²) in [6, 6.07) is 8.41. The Hall–Kier alpha value is -2.89. The molecule has 0 unspecified atom stereocenters.